The number of benzene rings is 3. The zero-order valence-corrected chi connectivity index (χ0v) is 19.7. The lowest BCUT2D eigenvalue weighted by Gasteiger charge is -2.20. The summed E-state index contributed by atoms with van der Waals surface area (Å²) in [4.78, 5) is 23.7. The summed E-state index contributed by atoms with van der Waals surface area (Å²) in [5.41, 5.74) is 4.43. The van der Waals surface area contributed by atoms with Crippen molar-refractivity contribution in [2.45, 2.75) is 38.3 Å². The summed E-state index contributed by atoms with van der Waals surface area (Å²) in [7, 11) is 0. The molecule has 0 radical (unpaired) electrons. The second-order valence-electron chi connectivity index (χ2n) is 8.60. The van der Waals surface area contributed by atoms with Crippen LogP contribution in [0.5, 0.6) is 5.75 Å². The van der Waals surface area contributed by atoms with Crippen LogP contribution in [0.3, 0.4) is 0 Å². The van der Waals surface area contributed by atoms with Crippen molar-refractivity contribution in [2.24, 2.45) is 0 Å². The largest absolute Gasteiger partial charge is 0.479 e. The highest BCUT2D eigenvalue weighted by Crippen LogP contribution is 2.31. The summed E-state index contributed by atoms with van der Waals surface area (Å²) in [6, 6.07) is 31.7. The van der Waals surface area contributed by atoms with Crippen LogP contribution in [0.2, 0.25) is 0 Å². The average Bonchev–Trinajstić information content (AvgIpc) is 2.87. The third-order valence-electron chi connectivity index (χ3n) is 6.03. The van der Waals surface area contributed by atoms with Gasteiger partial charge < -0.3 is 14.4 Å². The molecule has 4 rings (SSSR count). The molecule has 0 unspecified atom stereocenters. The zero-order valence-electron chi connectivity index (χ0n) is 19.7. The first-order valence-corrected chi connectivity index (χ1v) is 11.8. The molecule has 35 heavy (non-hydrogen) atoms. The Bertz CT molecular complexity index is 1280. The fraction of sp³-hybridized carbons (Fsp3) is 0.200. The van der Waals surface area contributed by atoms with E-state index in [9.17, 15) is 9.59 Å². The van der Waals surface area contributed by atoms with E-state index in [1.165, 1.54) is 18.1 Å². The molecule has 5 nitrogen and oxygen atoms in total. The first-order chi connectivity index (χ1) is 17.0. The molecule has 0 fully saturated rings. The summed E-state index contributed by atoms with van der Waals surface area (Å²) in [5, 5.41) is 9.06. The van der Waals surface area contributed by atoms with Crippen molar-refractivity contribution >= 4 is 5.97 Å². The highest BCUT2D eigenvalue weighted by atomic mass is 16.5. The third-order valence-corrected chi connectivity index (χ3v) is 6.03. The van der Waals surface area contributed by atoms with Gasteiger partial charge in [-0.2, -0.15) is 0 Å². The van der Waals surface area contributed by atoms with Gasteiger partial charge in [0.25, 0.3) is 5.56 Å². The molecule has 1 atom stereocenters. The van der Waals surface area contributed by atoms with Gasteiger partial charge in [0.15, 0.2) is 6.10 Å². The van der Waals surface area contributed by atoms with Gasteiger partial charge in [-0.05, 0) is 54.2 Å². The lowest BCUT2D eigenvalue weighted by Crippen LogP contribution is -2.22. The van der Waals surface area contributed by atoms with Gasteiger partial charge in [-0.25, -0.2) is 4.79 Å². The molecule has 1 heterocycles. The van der Waals surface area contributed by atoms with Gasteiger partial charge in [0.1, 0.15) is 5.75 Å². The lowest BCUT2D eigenvalue weighted by atomic mass is 9.86. The smallest absolute Gasteiger partial charge is 0.344 e. The third kappa shape index (κ3) is 6.27. The van der Waals surface area contributed by atoms with E-state index in [4.69, 9.17) is 9.84 Å². The average molecular weight is 468 g/mol. The fourth-order valence-corrected chi connectivity index (χ4v) is 4.25. The predicted molar refractivity (Wildman–Crippen MR) is 137 cm³/mol. The van der Waals surface area contributed by atoms with Gasteiger partial charge in [-0.15, -0.1) is 0 Å². The Morgan fingerprint density at radius 2 is 1.51 bits per heavy atom. The Morgan fingerprint density at radius 3 is 2.14 bits per heavy atom. The number of rotatable bonds is 10. The van der Waals surface area contributed by atoms with Crippen molar-refractivity contribution in [2.75, 3.05) is 0 Å². The number of pyridine rings is 1. The molecule has 0 bridgehead atoms. The number of hydrogen-bond donors (Lipinski definition) is 1. The minimum Gasteiger partial charge on any atom is -0.479 e. The molecule has 0 aliphatic rings. The Balaban J connectivity index is 1.51. The van der Waals surface area contributed by atoms with Crippen LogP contribution in [0.25, 0.3) is 0 Å². The first kappa shape index (κ1) is 24.0. The van der Waals surface area contributed by atoms with Gasteiger partial charge in [0.05, 0.1) is 0 Å². The van der Waals surface area contributed by atoms with E-state index >= 15 is 0 Å². The quantitative estimate of drug-likeness (QED) is 0.334. The molecule has 0 saturated heterocycles. The molecule has 178 valence electrons. The molecule has 0 amide bonds. The van der Waals surface area contributed by atoms with E-state index in [0.717, 1.165) is 24.0 Å². The number of hydrogen-bond acceptors (Lipinski definition) is 3. The number of ether oxygens (including phenoxy) is 1. The van der Waals surface area contributed by atoms with E-state index in [2.05, 4.69) is 24.3 Å². The van der Waals surface area contributed by atoms with E-state index < -0.39 is 12.1 Å². The number of aliphatic carboxylic acids is 1. The van der Waals surface area contributed by atoms with E-state index in [1.54, 1.807) is 16.7 Å². The van der Waals surface area contributed by atoms with Crippen molar-refractivity contribution in [3.05, 3.63) is 136 Å². The molecule has 0 spiro atoms. The standard InChI is InChI=1S/C30H29NO4/c1-22(30(33)34)35-27-16-8-10-23(20-27)11-9-19-31-21-26(17-18-28(31)32)29(24-12-4-2-5-13-24)25-14-6-3-7-15-25/h2-8,10,12-18,20-22,29H,9,11,19H2,1H3,(H,33,34)/t22-/m1/s1. The van der Waals surface area contributed by atoms with Crippen molar-refractivity contribution < 1.29 is 14.6 Å². The van der Waals surface area contributed by atoms with Crippen molar-refractivity contribution in [1.29, 1.82) is 0 Å². The van der Waals surface area contributed by atoms with Crippen LogP contribution in [0.1, 0.15) is 41.5 Å². The van der Waals surface area contributed by atoms with Crippen LogP contribution < -0.4 is 10.3 Å². The fourth-order valence-electron chi connectivity index (χ4n) is 4.25. The van der Waals surface area contributed by atoms with Gasteiger partial charge in [0.2, 0.25) is 0 Å². The predicted octanol–water partition coefficient (Wildman–Crippen LogP) is 5.51. The normalized spacial score (nSPS) is 11.8. The van der Waals surface area contributed by atoms with Crippen LogP contribution >= 0.6 is 0 Å². The Hall–Kier alpha value is -4.12. The second-order valence-corrected chi connectivity index (χ2v) is 8.60. The van der Waals surface area contributed by atoms with Crippen molar-refractivity contribution in [1.82, 2.24) is 4.57 Å². The molecular formula is C30H29NO4. The minimum atomic E-state index is -1.00. The molecular weight excluding hydrogens is 438 g/mol. The van der Waals surface area contributed by atoms with E-state index in [1.807, 2.05) is 66.9 Å². The van der Waals surface area contributed by atoms with E-state index in [0.29, 0.717) is 12.3 Å². The maximum absolute atomic E-state index is 12.6. The monoisotopic (exact) mass is 467 g/mol. The molecule has 0 saturated carbocycles. The molecule has 0 aliphatic carbocycles. The van der Waals surface area contributed by atoms with Crippen LogP contribution in [-0.4, -0.2) is 21.7 Å². The molecule has 5 heteroatoms. The van der Waals surface area contributed by atoms with Crippen LogP contribution in [0, 0.1) is 0 Å². The maximum atomic E-state index is 12.6. The van der Waals surface area contributed by atoms with Crippen molar-refractivity contribution in [3.63, 3.8) is 0 Å². The number of carbonyl (C=O) groups is 1. The lowest BCUT2D eigenvalue weighted by molar-refractivity contribution is -0.144. The zero-order chi connectivity index (χ0) is 24.6. The van der Waals surface area contributed by atoms with E-state index in [-0.39, 0.29) is 11.5 Å². The molecule has 1 aromatic heterocycles. The summed E-state index contributed by atoms with van der Waals surface area (Å²) < 4.78 is 7.25. The number of carboxylic acid groups (broad SMARTS) is 1. The molecule has 1 N–H and O–H groups in total. The van der Waals surface area contributed by atoms with Crippen molar-refractivity contribution in [3.8, 4) is 5.75 Å². The topological polar surface area (TPSA) is 68.5 Å². The Kier molecular flexibility index (Phi) is 7.78. The molecule has 4 aromatic rings. The Morgan fingerprint density at radius 1 is 0.857 bits per heavy atom. The summed E-state index contributed by atoms with van der Waals surface area (Å²) in [6.45, 7) is 2.09. The number of nitrogens with zero attached hydrogens (tertiary/aromatic N) is 1. The Labute approximate surface area is 205 Å². The summed E-state index contributed by atoms with van der Waals surface area (Å²) >= 11 is 0. The summed E-state index contributed by atoms with van der Waals surface area (Å²) in [6.07, 6.45) is 2.58. The van der Waals surface area contributed by atoms with Gasteiger partial charge >= 0.3 is 5.97 Å². The minimum absolute atomic E-state index is 0.0269. The number of aryl methyl sites for hydroxylation is 2. The molecule has 0 aliphatic heterocycles. The number of carboxylic acids is 1. The number of aromatic nitrogens is 1. The highest BCUT2D eigenvalue weighted by molar-refractivity contribution is 5.72. The summed E-state index contributed by atoms with van der Waals surface area (Å²) in [5.74, 6) is -0.432. The van der Waals surface area contributed by atoms with Crippen LogP contribution in [-0.2, 0) is 17.8 Å². The van der Waals surface area contributed by atoms with Gasteiger partial charge in [0, 0.05) is 24.7 Å². The van der Waals surface area contributed by atoms with Gasteiger partial charge in [-0.3, -0.25) is 4.79 Å². The highest BCUT2D eigenvalue weighted by Gasteiger charge is 2.17. The molecule has 3 aromatic carbocycles. The van der Waals surface area contributed by atoms with Gasteiger partial charge in [-0.1, -0.05) is 78.9 Å². The SMILES string of the molecule is C[C@@H](Oc1cccc(CCCn2cc(C(c3ccccc3)c3ccccc3)ccc2=O)c1)C(=O)O. The maximum Gasteiger partial charge on any atom is 0.344 e. The second kappa shape index (κ2) is 11.3. The van der Waals surface area contributed by atoms with Crippen LogP contribution in [0.15, 0.2) is 108 Å². The van der Waals surface area contributed by atoms with Crippen LogP contribution in [0.4, 0.5) is 0 Å². The first-order valence-electron chi connectivity index (χ1n) is 11.8.